The molecule has 1 heterocycles. The Bertz CT molecular complexity index is 1190. The van der Waals surface area contributed by atoms with Crippen LogP contribution in [-0.2, 0) is 9.53 Å². The minimum atomic E-state index is -0.581. The van der Waals surface area contributed by atoms with Gasteiger partial charge in [0.05, 0.1) is 39.0 Å². The Morgan fingerprint density at radius 3 is 2.31 bits per heavy atom. The average molecular weight is 459 g/mol. The predicted molar refractivity (Wildman–Crippen MR) is 124 cm³/mol. The normalized spacial score (nSPS) is 11.8. The number of carbonyl (C=O) groups is 1. The van der Waals surface area contributed by atoms with Gasteiger partial charge in [0.15, 0.2) is 16.7 Å². The van der Waals surface area contributed by atoms with Crippen LogP contribution in [0.5, 0.6) is 17.2 Å². The Labute approximate surface area is 190 Å². The number of ether oxygens (including phenoxy) is 4. The van der Waals surface area contributed by atoms with Crippen molar-refractivity contribution in [3.05, 3.63) is 46.2 Å². The minimum Gasteiger partial charge on any atom is -0.493 e. The number of methoxy groups -OCH3 is 3. The Morgan fingerprint density at radius 1 is 1.09 bits per heavy atom. The van der Waals surface area contributed by atoms with E-state index >= 15 is 0 Å². The Kier molecular flexibility index (Phi) is 7.29. The monoisotopic (exact) mass is 458 g/mol. The molecule has 1 aromatic heterocycles. The number of aromatic nitrogens is 2. The van der Waals surface area contributed by atoms with Crippen LogP contribution >= 0.6 is 11.8 Å². The first-order valence-electron chi connectivity index (χ1n) is 10.0. The van der Waals surface area contributed by atoms with Crippen LogP contribution < -0.4 is 19.8 Å². The van der Waals surface area contributed by atoms with Crippen LogP contribution in [0, 0.1) is 6.92 Å². The van der Waals surface area contributed by atoms with Gasteiger partial charge in [-0.15, -0.1) is 0 Å². The van der Waals surface area contributed by atoms with E-state index in [1.165, 1.54) is 25.9 Å². The molecule has 0 saturated heterocycles. The molecule has 0 unspecified atom stereocenters. The SMILES string of the molecule is CCOC(=O)[C@@H](C)Sc1nc2c(OC)c(OC)c(OC)cc2c(=O)n1-c1ccc(C)cc1. The molecule has 0 aliphatic heterocycles. The minimum absolute atomic E-state index is 0.268. The molecule has 0 aliphatic carbocycles. The van der Waals surface area contributed by atoms with E-state index in [-0.39, 0.29) is 23.9 Å². The fourth-order valence-electron chi connectivity index (χ4n) is 3.23. The highest BCUT2D eigenvalue weighted by Gasteiger charge is 2.25. The number of fused-ring (bicyclic) bond motifs is 1. The molecule has 1 atom stereocenters. The standard InChI is InChI=1S/C23H26N2O6S/c1-7-31-22(27)14(3)32-23-24-18-16(12-17(28-4)19(29-5)20(18)30-6)21(26)25(23)15-10-8-13(2)9-11-15/h8-12,14H,7H2,1-6H3/t14-/m1/s1. The van der Waals surface area contributed by atoms with Crippen LogP contribution in [0.2, 0.25) is 0 Å². The summed E-state index contributed by atoms with van der Waals surface area (Å²) in [5.74, 6) is 0.575. The summed E-state index contributed by atoms with van der Waals surface area (Å²) < 4.78 is 23.0. The van der Waals surface area contributed by atoms with Crippen molar-refractivity contribution < 1.29 is 23.7 Å². The van der Waals surface area contributed by atoms with E-state index in [9.17, 15) is 9.59 Å². The molecule has 0 aliphatic rings. The van der Waals surface area contributed by atoms with Crippen molar-refractivity contribution >= 4 is 28.6 Å². The predicted octanol–water partition coefficient (Wildman–Crippen LogP) is 3.76. The summed E-state index contributed by atoms with van der Waals surface area (Å²) in [5.41, 5.74) is 1.67. The lowest BCUT2D eigenvalue weighted by Crippen LogP contribution is -2.24. The zero-order valence-corrected chi connectivity index (χ0v) is 19.7. The molecule has 0 N–H and O–H groups in total. The number of nitrogens with zero attached hydrogens (tertiary/aromatic N) is 2. The van der Waals surface area contributed by atoms with Crippen molar-refractivity contribution in [3.8, 4) is 22.9 Å². The first kappa shape index (κ1) is 23.5. The third-order valence-corrected chi connectivity index (χ3v) is 5.86. The van der Waals surface area contributed by atoms with Crippen molar-refractivity contribution in [3.63, 3.8) is 0 Å². The molecule has 3 aromatic rings. The van der Waals surface area contributed by atoms with E-state index in [0.29, 0.717) is 33.2 Å². The van der Waals surface area contributed by atoms with Gasteiger partial charge >= 0.3 is 5.97 Å². The van der Waals surface area contributed by atoms with Crippen LogP contribution in [0.25, 0.3) is 16.6 Å². The van der Waals surface area contributed by atoms with Gasteiger partial charge in [-0.1, -0.05) is 29.5 Å². The third kappa shape index (κ3) is 4.38. The number of thioether (sulfide) groups is 1. The van der Waals surface area contributed by atoms with Crippen molar-refractivity contribution in [2.24, 2.45) is 0 Å². The molecule has 170 valence electrons. The fraction of sp³-hybridized carbons (Fsp3) is 0.348. The molecule has 32 heavy (non-hydrogen) atoms. The molecule has 2 aromatic carbocycles. The Morgan fingerprint density at radius 2 is 1.75 bits per heavy atom. The fourth-order valence-corrected chi connectivity index (χ4v) is 4.15. The molecule has 9 heteroatoms. The summed E-state index contributed by atoms with van der Waals surface area (Å²) in [6, 6.07) is 9.07. The average Bonchev–Trinajstić information content (AvgIpc) is 2.79. The molecule has 3 rings (SSSR count). The van der Waals surface area contributed by atoms with Crippen LogP contribution in [0.3, 0.4) is 0 Å². The molecular formula is C23H26N2O6S. The lowest BCUT2D eigenvalue weighted by molar-refractivity contribution is -0.142. The van der Waals surface area contributed by atoms with Gasteiger partial charge in [-0.25, -0.2) is 4.98 Å². The molecule has 0 bridgehead atoms. The smallest absolute Gasteiger partial charge is 0.319 e. The van der Waals surface area contributed by atoms with Crippen LogP contribution in [0.1, 0.15) is 19.4 Å². The van der Waals surface area contributed by atoms with Crippen molar-refractivity contribution in [2.75, 3.05) is 27.9 Å². The number of hydrogen-bond acceptors (Lipinski definition) is 8. The quantitative estimate of drug-likeness (QED) is 0.286. The number of rotatable bonds is 8. The Hall–Kier alpha value is -3.20. The molecule has 0 spiro atoms. The highest BCUT2D eigenvalue weighted by molar-refractivity contribution is 8.00. The van der Waals surface area contributed by atoms with Crippen LogP contribution in [0.4, 0.5) is 0 Å². The van der Waals surface area contributed by atoms with Gasteiger partial charge in [-0.2, -0.15) is 0 Å². The number of benzene rings is 2. The second-order valence-electron chi connectivity index (χ2n) is 6.92. The van der Waals surface area contributed by atoms with Gasteiger partial charge in [0, 0.05) is 0 Å². The van der Waals surface area contributed by atoms with Crippen molar-refractivity contribution in [2.45, 2.75) is 31.2 Å². The van der Waals surface area contributed by atoms with Gasteiger partial charge < -0.3 is 18.9 Å². The van der Waals surface area contributed by atoms with Gasteiger partial charge in [0.25, 0.3) is 5.56 Å². The summed E-state index contributed by atoms with van der Waals surface area (Å²) in [5, 5.41) is 0.0489. The maximum Gasteiger partial charge on any atom is 0.319 e. The van der Waals surface area contributed by atoms with Gasteiger partial charge in [0.1, 0.15) is 10.8 Å². The van der Waals surface area contributed by atoms with E-state index in [1.807, 2.05) is 31.2 Å². The summed E-state index contributed by atoms with van der Waals surface area (Å²) in [7, 11) is 4.44. The van der Waals surface area contributed by atoms with E-state index < -0.39 is 5.25 Å². The highest BCUT2D eigenvalue weighted by Crippen LogP contribution is 2.42. The summed E-state index contributed by atoms with van der Waals surface area (Å²) in [6.45, 7) is 5.69. The molecule has 8 nitrogen and oxygen atoms in total. The first-order valence-corrected chi connectivity index (χ1v) is 10.9. The molecule has 0 fully saturated rings. The van der Waals surface area contributed by atoms with Crippen LogP contribution in [0.15, 0.2) is 40.3 Å². The largest absolute Gasteiger partial charge is 0.493 e. The molecule has 0 amide bonds. The zero-order chi connectivity index (χ0) is 23.4. The van der Waals surface area contributed by atoms with E-state index in [0.717, 1.165) is 17.3 Å². The summed E-state index contributed by atoms with van der Waals surface area (Å²) >= 11 is 1.14. The van der Waals surface area contributed by atoms with E-state index in [1.54, 1.807) is 19.9 Å². The van der Waals surface area contributed by atoms with Gasteiger partial charge in [0.2, 0.25) is 5.75 Å². The maximum atomic E-state index is 13.7. The van der Waals surface area contributed by atoms with Crippen LogP contribution in [-0.4, -0.2) is 48.7 Å². The zero-order valence-electron chi connectivity index (χ0n) is 18.9. The topological polar surface area (TPSA) is 88.9 Å². The molecule has 0 saturated carbocycles. The second-order valence-corrected chi connectivity index (χ2v) is 8.23. The van der Waals surface area contributed by atoms with Gasteiger partial charge in [-0.05, 0) is 39.0 Å². The maximum absolute atomic E-state index is 13.7. The third-order valence-electron chi connectivity index (χ3n) is 4.83. The number of hydrogen-bond donors (Lipinski definition) is 0. The second kappa shape index (κ2) is 9.95. The summed E-state index contributed by atoms with van der Waals surface area (Å²) in [6.07, 6.45) is 0. The van der Waals surface area contributed by atoms with E-state index in [2.05, 4.69) is 0 Å². The lowest BCUT2D eigenvalue weighted by atomic mass is 10.2. The van der Waals surface area contributed by atoms with Gasteiger partial charge in [-0.3, -0.25) is 14.2 Å². The number of esters is 1. The molecular weight excluding hydrogens is 432 g/mol. The number of carbonyl (C=O) groups excluding carboxylic acids is 1. The van der Waals surface area contributed by atoms with Crippen molar-refractivity contribution in [1.29, 1.82) is 0 Å². The van der Waals surface area contributed by atoms with E-state index in [4.69, 9.17) is 23.9 Å². The summed E-state index contributed by atoms with van der Waals surface area (Å²) in [4.78, 5) is 30.7. The number of aryl methyl sites for hydroxylation is 1. The highest BCUT2D eigenvalue weighted by atomic mass is 32.2. The Balaban J connectivity index is 2.35. The first-order chi connectivity index (χ1) is 15.4. The van der Waals surface area contributed by atoms with Crippen molar-refractivity contribution in [1.82, 2.24) is 9.55 Å². The lowest BCUT2D eigenvalue weighted by Gasteiger charge is -2.18. The molecule has 0 radical (unpaired) electrons.